The number of unbranched alkanes of at least 4 members (excludes halogenated alkanes) is 16. The number of allylic oxidation sites excluding steroid dienone is 16. The van der Waals surface area contributed by atoms with E-state index >= 15 is 0 Å². The van der Waals surface area contributed by atoms with Crippen molar-refractivity contribution in [2.45, 2.75) is 199 Å². The van der Waals surface area contributed by atoms with E-state index in [0.29, 0.717) is 12.8 Å². The van der Waals surface area contributed by atoms with E-state index in [0.717, 1.165) is 109 Å². The Morgan fingerprint density at radius 2 is 0.938 bits per heavy atom. The highest BCUT2D eigenvalue weighted by atomic mass is 16.6. The topological polar surface area (TPSA) is 102 Å². The van der Waals surface area contributed by atoms with Gasteiger partial charge >= 0.3 is 11.9 Å². The molecule has 0 rings (SSSR count). The lowest BCUT2D eigenvalue weighted by Crippen LogP contribution is -2.55. The molecule has 0 radical (unpaired) electrons. The molecular weight excluding hydrogens is 799 g/mol. The average Bonchev–Trinajstić information content (AvgIpc) is 3.26. The van der Waals surface area contributed by atoms with Gasteiger partial charge in [0, 0.05) is 19.3 Å². The lowest BCUT2D eigenvalue weighted by Gasteiger charge is -2.34. The first-order valence-corrected chi connectivity index (χ1v) is 25.3. The number of esters is 2. The molecule has 0 aliphatic carbocycles. The van der Waals surface area contributed by atoms with Gasteiger partial charge in [-0.1, -0.05) is 182 Å². The van der Waals surface area contributed by atoms with Crippen molar-refractivity contribution in [2.24, 2.45) is 0 Å². The van der Waals surface area contributed by atoms with Crippen molar-refractivity contribution in [1.82, 2.24) is 0 Å². The SMILES string of the molecule is CC/C=C/C/C=C/C/C=C/C/C=C/C/C=C/CCCCCCCCC(=O)OC(COCCC(C(=O)[O-])[N+](C)(C)C)COC(=O)CCCCCCC/C=C/C=C/C=C/CCCCCCC. The van der Waals surface area contributed by atoms with Crippen molar-refractivity contribution in [3.8, 4) is 0 Å². The molecule has 0 saturated heterocycles. The Balaban J connectivity index is 4.36. The molecule has 0 aliphatic rings. The van der Waals surface area contributed by atoms with Crippen molar-refractivity contribution in [3.05, 3.63) is 97.2 Å². The van der Waals surface area contributed by atoms with Gasteiger partial charge in [-0.3, -0.25) is 9.59 Å². The number of carbonyl (C=O) groups excluding carboxylic acids is 3. The molecule has 2 unspecified atom stereocenters. The number of aliphatic carboxylic acids is 1. The van der Waals surface area contributed by atoms with Crippen LogP contribution in [-0.2, 0) is 28.6 Å². The Morgan fingerprint density at radius 1 is 0.500 bits per heavy atom. The van der Waals surface area contributed by atoms with Gasteiger partial charge in [0.1, 0.15) is 12.6 Å². The van der Waals surface area contributed by atoms with Crippen LogP contribution in [0, 0.1) is 0 Å². The summed E-state index contributed by atoms with van der Waals surface area (Å²) in [4.78, 5) is 37.0. The molecular formula is C56H93NO7. The summed E-state index contributed by atoms with van der Waals surface area (Å²) in [6.07, 6.45) is 61.4. The second kappa shape index (κ2) is 45.8. The van der Waals surface area contributed by atoms with Gasteiger partial charge in [-0.25, -0.2) is 0 Å². The molecule has 0 aromatic carbocycles. The molecule has 0 N–H and O–H groups in total. The van der Waals surface area contributed by atoms with E-state index in [-0.39, 0.29) is 42.7 Å². The number of ether oxygens (including phenoxy) is 3. The molecule has 0 bridgehead atoms. The molecule has 0 amide bonds. The van der Waals surface area contributed by atoms with Crippen LogP contribution in [0.5, 0.6) is 0 Å². The number of nitrogens with zero attached hydrogens (tertiary/aromatic N) is 1. The number of rotatable bonds is 44. The molecule has 364 valence electrons. The summed E-state index contributed by atoms with van der Waals surface area (Å²) < 4.78 is 17.2. The van der Waals surface area contributed by atoms with Gasteiger partial charge in [-0.05, 0) is 83.5 Å². The molecule has 2 atom stereocenters. The predicted molar refractivity (Wildman–Crippen MR) is 268 cm³/mol. The molecule has 0 spiro atoms. The number of likely N-dealkylation sites (N-methyl/N-ethyl adjacent to an activating group) is 1. The lowest BCUT2D eigenvalue weighted by atomic mass is 10.1. The fourth-order valence-electron chi connectivity index (χ4n) is 6.86. The van der Waals surface area contributed by atoms with Crippen LogP contribution in [0.1, 0.15) is 187 Å². The Labute approximate surface area is 392 Å². The predicted octanol–water partition coefficient (Wildman–Crippen LogP) is 13.3. The molecule has 0 aromatic rings. The summed E-state index contributed by atoms with van der Waals surface area (Å²) in [6, 6.07) is -0.738. The van der Waals surface area contributed by atoms with Crippen LogP contribution in [0.2, 0.25) is 0 Å². The van der Waals surface area contributed by atoms with Crippen LogP contribution in [0.25, 0.3) is 0 Å². The minimum absolute atomic E-state index is 0.0218. The lowest BCUT2D eigenvalue weighted by molar-refractivity contribution is -0.889. The quantitative estimate of drug-likeness (QED) is 0.0197. The zero-order chi connectivity index (χ0) is 47.0. The van der Waals surface area contributed by atoms with Crippen LogP contribution >= 0.6 is 0 Å². The summed E-state index contributed by atoms with van der Waals surface area (Å²) in [5, 5.41) is 11.7. The van der Waals surface area contributed by atoms with Gasteiger partial charge in [-0.2, -0.15) is 0 Å². The van der Waals surface area contributed by atoms with E-state index in [4.69, 9.17) is 14.2 Å². The highest BCUT2D eigenvalue weighted by molar-refractivity contribution is 5.70. The maximum Gasteiger partial charge on any atom is 0.306 e. The largest absolute Gasteiger partial charge is 0.544 e. The number of hydrogen-bond acceptors (Lipinski definition) is 7. The minimum atomic E-state index is -1.13. The first-order chi connectivity index (χ1) is 31.1. The fraction of sp³-hybridized carbons (Fsp3) is 0.661. The van der Waals surface area contributed by atoms with E-state index in [1.165, 1.54) is 44.9 Å². The maximum atomic E-state index is 12.8. The third-order valence-electron chi connectivity index (χ3n) is 10.8. The van der Waals surface area contributed by atoms with Crippen LogP contribution in [0.4, 0.5) is 0 Å². The minimum Gasteiger partial charge on any atom is -0.544 e. The maximum absolute atomic E-state index is 12.8. The third kappa shape index (κ3) is 43.5. The van der Waals surface area contributed by atoms with Crippen molar-refractivity contribution in [1.29, 1.82) is 0 Å². The van der Waals surface area contributed by atoms with E-state index < -0.39 is 18.1 Å². The van der Waals surface area contributed by atoms with Crippen molar-refractivity contribution >= 4 is 17.9 Å². The van der Waals surface area contributed by atoms with Gasteiger partial charge < -0.3 is 28.6 Å². The van der Waals surface area contributed by atoms with Crippen LogP contribution in [0.15, 0.2) is 97.2 Å². The van der Waals surface area contributed by atoms with E-state index in [1.807, 2.05) is 0 Å². The van der Waals surface area contributed by atoms with Gasteiger partial charge in [0.25, 0.3) is 0 Å². The Bertz CT molecular complexity index is 1360. The van der Waals surface area contributed by atoms with E-state index in [9.17, 15) is 19.5 Å². The zero-order valence-corrected chi connectivity index (χ0v) is 41.4. The number of hydrogen-bond donors (Lipinski definition) is 0. The van der Waals surface area contributed by atoms with E-state index in [2.05, 4.69) is 111 Å². The van der Waals surface area contributed by atoms with Gasteiger partial charge in [-0.15, -0.1) is 0 Å². The molecule has 0 saturated carbocycles. The molecule has 8 nitrogen and oxygen atoms in total. The summed E-state index contributed by atoms with van der Waals surface area (Å²) in [6.45, 7) is 4.49. The third-order valence-corrected chi connectivity index (χ3v) is 10.8. The van der Waals surface area contributed by atoms with Crippen molar-refractivity contribution in [2.75, 3.05) is 41.0 Å². The van der Waals surface area contributed by atoms with Gasteiger partial charge in [0.15, 0.2) is 6.10 Å². The Kier molecular flexibility index (Phi) is 43.1. The molecule has 0 aliphatic heterocycles. The van der Waals surface area contributed by atoms with Crippen LogP contribution in [-0.4, -0.2) is 75.5 Å². The van der Waals surface area contributed by atoms with Crippen LogP contribution in [0.3, 0.4) is 0 Å². The first kappa shape index (κ1) is 60.2. The average molecular weight is 892 g/mol. The van der Waals surface area contributed by atoms with Gasteiger partial charge in [0.2, 0.25) is 0 Å². The second-order valence-electron chi connectivity index (χ2n) is 17.7. The number of quaternary nitrogens is 1. The normalized spacial score (nSPS) is 13.7. The number of carboxylic acid groups (broad SMARTS) is 1. The van der Waals surface area contributed by atoms with Crippen molar-refractivity contribution in [3.63, 3.8) is 0 Å². The molecule has 8 heteroatoms. The molecule has 0 fully saturated rings. The van der Waals surface area contributed by atoms with E-state index in [1.54, 1.807) is 21.1 Å². The molecule has 0 heterocycles. The smallest absolute Gasteiger partial charge is 0.306 e. The Hall–Kier alpha value is -3.75. The fourth-order valence-corrected chi connectivity index (χ4v) is 6.86. The standard InChI is InChI=1S/C56H93NO7/c1-6-8-10-12-14-16-18-20-22-24-26-27-28-29-31-33-35-37-39-41-43-45-47-55(59)64-52(50-62-49-48-53(56(60)61)57(3,4)5)51-63-54(58)46-44-42-40-38-36-34-32-30-25-23-21-19-17-15-13-11-9-7-2/h8,10,14,16,19-23,25-27,29-32,52-53H,6-7,9,11-13,15,17-18,24,28,33-51H2,1-5H3/b10-8+,16-14+,21-19+,22-20+,25-23+,27-26+,31-29+,32-30+. The molecule has 64 heavy (non-hydrogen) atoms. The number of carboxylic acids is 1. The summed E-state index contributed by atoms with van der Waals surface area (Å²) in [7, 11) is 5.39. The van der Waals surface area contributed by atoms with Crippen molar-refractivity contribution < 1.29 is 38.2 Å². The first-order valence-electron chi connectivity index (χ1n) is 25.3. The highest BCUT2D eigenvalue weighted by Crippen LogP contribution is 2.13. The number of carbonyl (C=O) groups is 3. The van der Waals surface area contributed by atoms with Gasteiger partial charge in [0.05, 0.1) is 40.3 Å². The summed E-state index contributed by atoms with van der Waals surface area (Å²) in [5.41, 5.74) is 0. The highest BCUT2D eigenvalue weighted by Gasteiger charge is 2.25. The second-order valence-corrected chi connectivity index (χ2v) is 17.7. The molecule has 0 aromatic heterocycles. The summed E-state index contributed by atoms with van der Waals surface area (Å²) >= 11 is 0. The zero-order valence-electron chi connectivity index (χ0n) is 41.4. The van der Waals surface area contributed by atoms with Crippen LogP contribution < -0.4 is 5.11 Å². The summed E-state index contributed by atoms with van der Waals surface area (Å²) in [5.74, 6) is -1.79. The monoisotopic (exact) mass is 892 g/mol. The Morgan fingerprint density at radius 3 is 1.42 bits per heavy atom.